The van der Waals surface area contributed by atoms with Crippen LogP contribution in [-0.4, -0.2) is 48.9 Å². The summed E-state index contributed by atoms with van der Waals surface area (Å²) in [5.74, 6) is -0.312. The number of rotatable bonds is 7. The summed E-state index contributed by atoms with van der Waals surface area (Å²) in [4.78, 5) is 26.7. The maximum absolute atomic E-state index is 12.7. The van der Waals surface area contributed by atoms with Crippen molar-refractivity contribution in [3.05, 3.63) is 33.8 Å². The minimum atomic E-state index is -0.429. The Morgan fingerprint density at radius 2 is 1.84 bits per heavy atom. The van der Waals surface area contributed by atoms with Gasteiger partial charge in [0.05, 0.1) is 0 Å². The second kappa shape index (κ2) is 10.9. The molecule has 0 bridgehead atoms. The summed E-state index contributed by atoms with van der Waals surface area (Å²) in [6.07, 6.45) is 2.54. The lowest BCUT2D eigenvalue weighted by Crippen LogP contribution is -2.47. The Labute approximate surface area is 164 Å². The number of carbonyl (C=O) groups excluding carboxylic acids is 2. The number of benzene rings is 1. The van der Waals surface area contributed by atoms with Crippen LogP contribution < -0.4 is 10.6 Å². The van der Waals surface area contributed by atoms with Crippen molar-refractivity contribution in [2.24, 2.45) is 0 Å². The van der Waals surface area contributed by atoms with E-state index in [0.717, 1.165) is 25.9 Å². The van der Waals surface area contributed by atoms with Gasteiger partial charge >= 0.3 is 0 Å². The van der Waals surface area contributed by atoms with E-state index in [1.807, 2.05) is 0 Å². The van der Waals surface area contributed by atoms with Crippen LogP contribution in [0.2, 0.25) is 10.0 Å². The summed E-state index contributed by atoms with van der Waals surface area (Å²) < 4.78 is 0. The van der Waals surface area contributed by atoms with Gasteiger partial charge < -0.3 is 15.5 Å². The standard InChI is InChI=1S/C17H23Cl2N3O2.ClH/c1-2-5-20-6-7-21-16(23)15-4-3-8-22(15)17(24)12-9-13(18)11-14(19)10-12;/h9-11,15,20H,2-8H2,1H3,(H,21,23);1H. The Balaban J connectivity index is 0.00000312. The monoisotopic (exact) mass is 407 g/mol. The van der Waals surface area contributed by atoms with E-state index >= 15 is 0 Å². The molecule has 2 rings (SSSR count). The number of hydrogen-bond acceptors (Lipinski definition) is 3. The van der Waals surface area contributed by atoms with Gasteiger partial charge in [-0.3, -0.25) is 9.59 Å². The van der Waals surface area contributed by atoms with Crippen molar-refractivity contribution in [3.8, 4) is 0 Å². The quantitative estimate of drug-likeness (QED) is 0.681. The van der Waals surface area contributed by atoms with Crippen molar-refractivity contribution in [2.75, 3.05) is 26.2 Å². The second-order valence-corrected chi connectivity index (χ2v) is 6.73. The second-order valence-electron chi connectivity index (χ2n) is 5.86. The zero-order valence-electron chi connectivity index (χ0n) is 14.2. The molecular formula is C17H24Cl3N3O2. The first-order valence-electron chi connectivity index (χ1n) is 8.28. The van der Waals surface area contributed by atoms with E-state index in [1.54, 1.807) is 23.1 Å². The summed E-state index contributed by atoms with van der Waals surface area (Å²) in [7, 11) is 0. The topological polar surface area (TPSA) is 61.4 Å². The number of nitrogens with one attached hydrogen (secondary N) is 2. The van der Waals surface area contributed by atoms with Crippen LogP contribution in [0.15, 0.2) is 18.2 Å². The van der Waals surface area contributed by atoms with Gasteiger partial charge in [-0.25, -0.2) is 0 Å². The van der Waals surface area contributed by atoms with Gasteiger partial charge in [0.1, 0.15) is 6.04 Å². The molecule has 1 aromatic carbocycles. The third-order valence-corrected chi connectivity index (χ3v) is 4.39. The zero-order valence-corrected chi connectivity index (χ0v) is 16.5. The first-order chi connectivity index (χ1) is 11.5. The molecule has 1 fully saturated rings. The number of likely N-dealkylation sites (tertiary alicyclic amines) is 1. The zero-order chi connectivity index (χ0) is 17.5. The lowest BCUT2D eigenvalue weighted by atomic mass is 10.1. The van der Waals surface area contributed by atoms with Gasteiger partial charge in [-0.05, 0) is 44.0 Å². The van der Waals surface area contributed by atoms with Gasteiger partial charge in [-0.2, -0.15) is 0 Å². The molecule has 1 atom stereocenters. The maximum Gasteiger partial charge on any atom is 0.254 e. The van der Waals surface area contributed by atoms with Gasteiger partial charge in [0.2, 0.25) is 5.91 Å². The minimum Gasteiger partial charge on any atom is -0.353 e. The molecule has 0 radical (unpaired) electrons. The fraction of sp³-hybridized carbons (Fsp3) is 0.529. The van der Waals surface area contributed by atoms with Crippen LogP contribution in [0, 0.1) is 0 Å². The Kier molecular flexibility index (Phi) is 9.57. The van der Waals surface area contributed by atoms with Gasteiger partial charge in [0.15, 0.2) is 0 Å². The van der Waals surface area contributed by atoms with Gasteiger partial charge in [0.25, 0.3) is 5.91 Å². The number of carbonyl (C=O) groups is 2. The van der Waals surface area contributed by atoms with E-state index in [1.165, 1.54) is 0 Å². The molecule has 1 saturated heterocycles. The molecular weight excluding hydrogens is 385 g/mol. The molecule has 8 heteroatoms. The Morgan fingerprint density at radius 3 is 2.48 bits per heavy atom. The van der Waals surface area contributed by atoms with Crippen molar-refractivity contribution in [1.82, 2.24) is 15.5 Å². The highest BCUT2D eigenvalue weighted by atomic mass is 35.5. The van der Waals surface area contributed by atoms with E-state index in [4.69, 9.17) is 23.2 Å². The van der Waals surface area contributed by atoms with E-state index < -0.39 is 6.04 Å². The normalized spacial score (nSPS) is 16.4. The van der Waals surface area contributed by atoms with Crippen LogP contribution in [0.4, 0.5) is 0 Å². The summed E-state index contributed by atoms with van der Waals surface area (Å²) in [5.41, 5.74) is 0.414. The van der Waals surface area contributed by atoms with Gasteiger partial charge in [-0.1, -0.05) is 30.1 Å². The van der Waals surface area contributed by atoms with Crippen LogP contribution in [-0.2, 0) is 4.79 Å². The predicted octanol–water partition coefficient (Wildman–Crippen LogP) is 3.14. The molecule has 5 nitrogen and oxygen atoms in total. The van der Waals surface area contributed by atoms with Crippen molar-refractivity contribution in [1.29, 1.82) is 0 Å². The van der Waals surface area contributed by atoms with Crippen molar-refractivity contribution in [2.45, 2.75) is 32.2 Å². The Morgan fingerprint density at radius 1 is 1.16 bits per heavy atom. The first kappa shape index (κ1) is 22.0. The van der Waals surface area contributed by atoms with Crippen LogP contribution in [0.3, 0.4) is 0 Å². The van der Waals surface area contributed by atoms with Crippen LogP contribution in [0.1, 0.15) is 36.5 Å². The van der Waals surface area contributed by atoms with Crippen LogP contribution >= 0.6 is 35.6 Å². The predicted molar refractivity (Wildman–Crippen MR) is 104 cm³/mol. The average molecular weight is 409 g/mol. The number of amides is 2. The summed E-state index contributed by atoms with van der Waals surface area (Å²) >= 11 is 11.9. The average Bonchev–Trinajstić information content (AvgIpc) is 3.02. The fourth-order valence-corrected chi connectivity index (χ4v) is 3.35. The molecule has 2 N–H and O–H groups in total. The largest absolute Gasteiger partial charge is 0.353 e. The van der Waals surface area contributed by atoms with Gasteiger partial charge in [0, 0.05) is 35.2 Å². The SMILES string of the molecule is CCCNCCNC(=O)C1CCCN1C(=O)c1cc(Cl)cc(Cl)c1.Cl. The summed E-state index contributed by atoms with van der Waals surface area (Å²) in [5, 5.41) is 6.94. The highest BCUT2D eigenvalue weighted by molar-refractivity contribution is 6.35. The Bertz CT molecular complexity index is 578. The van der Waals surface area contributed by atoms with Crippen LogP contribution in [0.25, 0.3) is 0 Å². The van der Waals surface area contributed by atoms with E-state index in [9.17, 15) is 9.59 Å². The molecule has 0 aliphatic carbocycles. The highest BCUT2D eigenvalue weighted by Gasteiger charge is 2.34. The van der Waals surface area contributed by atoms with Gasteiger partial charge in [-0.15, -0.1) is 12.4 Å². The third kappa shape index (κ3) is 6.33. The van der Waals surface area contributed by atoms with Crippen molar-refractivity contribution < 1.29 is 9.59 Å². The van der Waals surface area contributed by atoms with Crippen molar-refractivity contribution in [3.63, 3.8) is 0 Å². The number of halogens is 3. The molecule has 0 spiro atoms. The fourth-order valence-electron chi connectivity index (χ4n) is 2.82. The van der Waals surface area contributed by atoms with E-state index in [0.29, 0.717) is 35.1 Å². The minimum absolute atomic E-state index is 0. The van der Waals surface area contributed by atoms with Crippen LogP contribution in [0.5, 0.6) is 0 Å². The molecule has 1 unspecified atom stereocenters. The molecule has 1 aliphatic heterocycles. The molecule has 1 heterocycles. The number of hydrogen-bond donors (Lipinski definition) is 2. The summed E-state index contributed by atoms with van der Waals surface area (Å²) in [6, 6.07) is 4.31. The first-order valence-corrected chi connectivity index (χ1v) is 9.04. The molecule has 25 heavy (non-hydrogen) atoms. The Hall–Kier alpha value is -1.01. The van der Waals surface area contributed by atoms with E-state index in [-0.39, 0.29) is 24.2 Å². The van der Waals surface area contributed by atoms with E-state index in [2.05, 4.69) is 17.6 Å². The molecule has 1 aromatic rings. The van der Waals surface area contributed by atoms with Crippen molar-refractivity contribution >= 4 is 47.4 Å². The lowest BCUT2D eigenvalue weighted by Gasteiger charge is -2.24. The third-order valence-electron chi connectivity index (χ3n) is 3.95. The molecule has 2 amide bonds. The molecule has 1 aliphatic rings. The lowest BCUT2D eigenvalue weighted by molar-refractivity contribution is -0.124. The summed E-state index contributed by atoms with van der Waals surface area (Å²) in [6.45, 7) is 4.87. The molecule has 0 saturated carbocycles. The molecule has 140 valence electrons. The smallest absolute Gasteiger partial charge is 0.254 e. The highest BCUT2D eigenvalue weighted by Crippen LogP contribution is 2.24. The number of nitrogens with zero attached hydrogens (tertiary/aromatic N) is 1. The maximum atomic E-state index is 12.7. The molecule has 0 aromatic heterocycles.